The van der Waals surface area contributed by atoms with Crippen LogP contribution in [0, 0.1) is 5.92 Å². The topological polar surface area (TPSA) is 102 Å². The number of rotatable bonds is 6. The number of hydrogen-bond donors (Lipinski definition) is 1. The molecule has 2 unspecified atom stereocenters. The lowest BCUT2D eigenvalue weighted by atomic mass is 9.82. The summed E-state index contributed by atoms with van der Waals surface area (Å²) in [5.74, 6) is -0.978. The zero-order valence-corrected chi connectivity index (χ0v) is 23.6. The Hall–Kier alpha value is -3.13. The van der Waals surface area contributed by atoms with Crippen molar-refractivity contribution in [3.8, 4) is 0 Å². The number of carbonyl (C=O) groups is 2. The summed E-state index contributed by atoms with van der Waals surface area (Å²) < 4.78 is 0.846. The molecule has 8 heteroatoms. The molecule has 2 aromatic heterocycles. The first kappa shape index (κ1) is 26.9. The van der Waals surface area contributed by atoms with Gasteiger partial charge in [-0.05, 0) is 54.0 Å². The molecule has 2 amide bonds. The van der Waals surface area contributed by atoms with Crippen molar-refractivity contribution in [2.24, 2.45) is 11.7 Å². The predicted molar refractivity (Wildman–Crippen MR) is 147 cm³/mol. The lowest BCUT2D eigenvalue weighted by Crippen LogP contribution is -2.57. The second-order valence-corrected chi connectivity index (χ2v) is 12.1. The summed E-state index contributed by atoms with van der Waals surface area (Å²) in [6, 6.07) is 10.7. The molecule has 1 fully saturated rings. The van der Waals surface area contributed by atoms with E-state index in [1.54, 1.807) is 29.7 Å². The first-order chi connectivity index (χ1) is 17.5. The fourth-order valence-electron chi connectivity index (χ4n) is 5.57. The van der Waals surface area contributed by atoms with Gasteiger partial charge >= 0.3 is 0 Å². The Morgan fingerprint density at radius 1 is 1.11 bits per heavy atom. The molecule has 1 aliphatic heterocycles. The van der Waals surface area contributed by atoms with Gasteiger partial charge in [-0.1, -0.05) is 62.7 Å². The zero-order valence-electron chi connectivity index (χ0n) is 22.0. The first-order valence-electron chi connectivity index (χ1n) is 12.6. The molecule has 1 aliphatic rings. The number of aromatic nitrogens is 3. The van der Waals surface area contributed by atoms with E-state index in [1.807, 2.05) is 50.2 Å². The largest absolute Gasteiger partial charge is 0.368 e. The monoisotopic (exact) mass is 563 g/mol. The van der Waals surface area contributed by atoms with Crippen molar-refractivity contribution in [1.29, 1.82) is 0 Å². The molecule has 3 heterocycles. The standard InChI is InChI=1S/C29H34BrN5O2/c1-18(2)15-29(27(31)37)16-20(24-17-32-12-13-34-24)25(23-8-6-7-11-33-23)35(29)26(36)19-9-10-21(22(30)14-19)28(3,4)5/h6-14,17-18,20,25H,15-16H2,1-5H3,(H2,31,37)/t20?,25-,29?/m1/s1. The summed E-state index contributed by atoms with van der Waals surface area (Å²) >= 11 is 3.67. The van der Waals surface area contributed by atoms with E-state index in [2.05, 4.69) is 51.7 Å². The number of primary amides is 1. The number of amides is 2. The number of nitrogens with zero attached hydrogens (tertiary/aromatic N) is 4. The Morgan fingerprint density at radius 3 is 2.38 bits per heavy atom. The minimum Gasteiger partial charge on any atom is -0.368 e. The van der Waals surface area contributed by atoms with Gasteiger partial charge in [-0.2, -0.15) is 0 Å². The van der Waals surface area contributed by atoms with Crippen LogP contribution in [0.1, 0.15) is 86.7 Å². The lowest BCUT2D eigenvalue weighted by molar-refractivity contribution is -0.129. The van der Waals surface area contributed by atoms with E-state index in [-0.39, 0.29) is 23.2 Å². The summed E-state index contributed by atoms with van der Waals surface area (Å²) in [6.07, 6.45) is 7.41. The van der Waals surface area contributed by atoms with Crippen LogP contribution in [0.2, 0.25) is 0 Å². The molecule has 0 aliphatic carbocycles. The lowest BCUT2D eigenvalue weighted by Gasteiger charge is -2.40. The van der Waals surface area contributed by atoms with Gasteiger partial charge in [-0.25, -0.2) is 0 Å². The summed E-state index contributed by atoms with van der Waals surface area (Å²) in [5.41, 5.74) is 7.82. The summed E-state index contributed by atoms with van der Waals surface area (Å²) in [5, 5.41) is 0. The van der Waals surface area contributed by atoms with Crippen LogP contribution in [0.25, 0.3) is 0 Å². The van der Waals surface area contributed by atoms with Gasteiger partial charge in [0.05, 0.1) is 17.4 Å². The van der Waals surface area contributed by atoms with Crippen LogP contribution in [-0.4, -0.2) is 37.2 Å². The SMILES string of the molecule is CC(C)CC1(C(N)=O)CC(c2cnccn2)[C@H](c2ccccn2)N1C(=O)c1ccc(C(C)(C)C)c(Br)c1. The maximum absolute atomic E-state index is 14.5. The second-order valence-electron chi connectivity index (χ2n) is 11.3. The van der Waals surface area contributed by atoms with Crippen molar-refractivity contribution < 1.29 is 9.59 Å². The number of carbonyl (C=O) groups excluding carboxylic acids is 2. The van der Waals surface area contributed by atoms with Crippen LogP contribution in [0.4, 0.5) is 0 Å². The quantitative estimate of drug-likeness (QED) is 0.422. The van der Waals surface area contributed by atoms with Crippen LogP contribution < -0.4 is 5.73 Å². The zero-order chi connectivity index (χ0) is 27.0. The molecule has 7 nitrogen and oxygen atoms in total. The number of nitrogens with two attached hydrogens (primary N) is 1. The number of pyridine rings is 1. The molecule has 0 saturated carbocycles. The number of halogens is 1. The van der Waals surface area contributed by atoms with Gasteiger partial charge in [0, 0.05) is 40.7 Å². The average molecular weight is 565 g/mol. The third-order valence-electron chi connectivity index (χ3n) is 7.08. The Kier molecular flexibility index (Phi) is 7.51. The minimum atomic E-state index is -1.22. The second kappa shape index (κ2) is 10.3. The highest BCUT2D eigenvalue weighted by molar-refractivity contribution is 9.10. The van der Waals surface area contributed by atoms with E-state index in [4.69, 9.17) is 5.73 Å². The molecule has 0 radical (unpaired) electrons. The third-order valence-corrected chi connectivity index (χ3v) is 7.74. The van der Waals surface area contributed by atoms with Gasteiger partial charge < -0.3 is 10.6 Å². The Bertz CT molecular complexity index is 1280. The van der Waals surface area contributed by atoms with E-state index < -0.39 is 17.5 Å². The molecule has 37 heavy (non-hydrogen) atoms. The van der Waals surface area contributed by atoms with Crippen molar-refractivity contribution in [2.45, 2.75) is 70.4 Å². The number of hydrogen-bond acceptors (Lipinski definition) is 5. The molecule has 194 valence electrons. The van der Waals surface area contributed by atoms with Crippen molar-refractivity contribution >= 4 is 27.7 Å². The molecular formula is C29H34BrN5O2. The van der Waals surface area contributed by atoms with Gasteiger partial charge in [0.2, 0.25) is 5.91 Å². The van der Waals surface area contributed by atoms with Crippen molar-refractivity contribution in [3.63, 3.8) is 0 Å². The van der Waals surface area contributed by atoms with E-state index in [0.717, 1.165) is 10.0 Å². The smallest absolute Gasteiger partial charge is 0.255 e. The summed E-state index contributed by atoms with van der Waals surface area (Å²) in [6.45, 7) is 10.4. The first-order valence-corrected chi connectivity index (χ1v) is 13.4. The minimum absolute atomic E-state index is 0.101. The van der Waals surface area contributed by atoms with Crippen molar-refractivity contribution in [3.05, 3.63) is 88.2 Å². The number of likely N-dealkylation sites (tertiary alicyclic amines) is 1. The van der Waals surface area contributed by atoms with Crippen LogP contribution >= 0.6 is 15.9 Å². The highest BCUT2D eigenvalue weighted by Crippen LogP contribution is 2.53. The maximum atomic E-state index is 14.5. The third kappa shape index (κ3) is 5.17. The van der Waals surface area contributed by atoms with Crippen molar-refractivity contribution in [1.82, 2.24) is 19.9 Å². The fourth-order valence-corrected chi connectivity index (χ4v) is 6.54. The maximum Gasteiger partial charge on any atom is 0.255 e. The summed E-state index contributed by atoms with van der Waals surface area (Å²) in [7, 11) is 0. The molecule has 2 N–H and O–H groups in total. The number of benzene rings is 1. The Labute approximate surface area is 227 Å². The molecule has 0 spiro atoms. The van der Waals surface area contributed by atoms with Crippen LogP contribution in [-0.2, 0) is 10.2 Å². The van der Waals surface area contributed by atoms with E-state index >= 15 is 0 Å². The molecule has 4 rings (SSSR count). The Balaban J connectivity index is 1.94. The van der Waals surface area contributed by atoms with Crippen molar-refractivity contribution in [2.75, 3.05) is 0 Å². The Morgan fingerprint density at radius 2 is 1.84 bits per heavy atom. The van der Waals surface area contributed by atoms with E-state index in [1.165, 1.54) is 0 Å². The fraction of sp³-hybridized carbons (Fsp3) is 0.414. The van der Waals surface area contributed by atoms with E-state index in [9.17, 15) is 9.59 Å². The normalized spacial score (nSPS) is 21.9. The van der Waals surface area contributed by atoms with Crippen LogP contribution in [0.3, 0.4) is 0 Å². The molecule has 3 aromatic rings. The molecule has 1 aromatic carbocycles. The molecular weight excluding hydrogens is 530 g/mol. The molecule has 3 atom stereocenters. The average Bonchev–Trinajstić information content (AvgIpc) is 3.19. The highest BCUT2D eigenvalue weighted by atomic mass is 79.9. The van der Waals surface area contributed by atoms with Gasteiger partial charge in [-0.15, -0.1) is 0 Å². The van der Waals surface area contributed by atoms with E-state index in [0.29, 0.717) is 29.8 Å². The predicted octanol–water partition coefficient (Wildman–Crippen LogP) is 5.57. The van der Waals surface area contributed by atoms with Gasteiger partial charge in [0.15, 0.2) is 0 Å². The van der Waals surface area contributed by atoms with Crippen LogP contribution in [0.15, 0.2) is 65.7 Å². The highest BCUT2D eigenvalue weighted by Gasteiger charge is 2.59. The summed E-state index contributed by atoms with van der Waals surface area (Å²) in [4.78, 5) is 43.0. The molecule has 1 saturated heterocycles. The van der Waals surface area contributed by atoms with Gasteiger partial charge in [0.1, 0.15) is 5.54 Å². The van der Waals surface area contributed by atoms with Gasteiger partial charge in [-0.3, -0.25) is 24.5 Å². The molecule has 0 bridgehead atoms. The van der Waals surface area contributed by atoms with Gasteiger partial charge in [0.25, 0.3) is 5.91 Å². The van der Waals surface area contributed by atoms with Crippen LogP contribution in [0.5, 0.6) is 0 Å².